The Morgan fingerprint density at radius 1 is 0.412 bits per heavy atom. The fourth-order valence-corrected chi connectivity index (χ4v) is 8.21. The Balaban J connectivity index is 1.21. The molecule has 51 heavy (non-hydrogen) atoms. The quantitative estimate of drug-likeness (QED) is 0.177. The first-order chi connectivity index (χ1) is 24.8. The van der Waals surface area contributed by atoms with Gasteiger partial charge in [0.2, 0.25) is 0 Å². The topological polar surface area (TPSA) is 51.8 Å². The molecule has 0 unspecified atom stereocenters. The number of benzene rings is 7. The van der Waals surface area contributed by atoms with Gasteiger partial charge in [0.1, 0.15) is 11.2 Å². The molecule has 0 bridgehead atoms. The van der Waals surface area contributed by atoms with Gasteiger partial charge in [0.05, 0.1) is 0 Å². The summed E-state index contributed by atoms with van der Waals surface area (Å²) in [7, 11) is 0. The first kappa shape index (κ1) is 29.8. The highest BCUT2D eigenvalue weighted by molar-refractivity contribution is 6.12. The van der Waals surface area contributed by atoms with Gasteiger partial charge in [-0.2, -0.15) is 0 Å². The molecule has 2 aromatic heterocycles. The van der Waals surface area contributed by atoms with Gasteiger partial charge in [-0.05, 0) is 85.0 Å². The van der Waals surface area contributed by atoms with Crippen LogP contribution in [-0.4, -0.2) is 15.0 Å². The molecule has 0 N–H and O–H groups in total. The lowest BCUT2D eigenvalue weighted by atomic mass is 9.55. The Labute approximate surface area is 296 Å². The molecule has 0 radical (unpaired) electrons. The molecular formula is C47H35N3O. The molecule has 4 nitrogen and oxygen atoms in total. The van der Waals surface area contributed by atoms with Gasteiger partial charge >= 0.3 is 0 Å². The normalized spacial score (nSPS) is 14.6. The van der Waals surface area contributed by atoms with Gasteiger partial charge in [0, 0.05) is 27.5 Å². The van der Waals surface area contributed by atoms with E-state index in [1.165, 1.54) is 43.8 Å². The lowest BCUT2D eigenvalue weighted by Crippen LogP contribution is -2.43. The number of hydrogen-bond acceptors (Lipinski definition) is 4. The van der Waals surface area contributed by atoms with Crippen LogP contribution in [0, 0.1) is 0 Å². The minimum atomic E-state index is -0.185. The van der Waals surface area contributed by atoms with Crippen molar-refractivity contribution in [2.45, 2.75) is 38.5 Å². The molecule has 4 heteroatoms. The minimum Gasteiger partial charge on any atom is -0.456 e. The number of nitrogens with zero attached hydrogens (tertiary/aromatic N) is 3. The van der Waals surface area contributed by atoms with Gasteiger partial charge in [-0.15, -0.1) is 0 Å². The fourth-order valence-electron chi connectivity index (χ4n) is 8.21. The SMILES string of the molecule is CC1(C)c2cc(-c3nc(-c4ccccc4)nc(-c4cccc5oc6ccccc6c45)n3)ccc2-c2cc3c(ccc4ccccc43)cc2C1(C)C. The molecule has 0 spiro atoms. The molecule has 10 rings (SSSR count). The van der Waals surface area contributed by atoms with Crippen molar-refractivity contribution in [2.24, 2.45) is 0 Å². The molecular weight excluding hydrogens is 623 g/mol. The first-order valence-corrected chi connectivity index (χ1v) is 17.6. The van der Waals surface area contributed by atoms with Crippen LogP contribution < -0.4 is 0 Å². The zero-order valence-corrected chi connectivity index (χ0v) is 29.0. The highest BCUT2D eigenvalue weighted by Crippen LogP contribution is 2.55. The van der Waals surface area contributed by atoms with E-state index in [9.17, 15) is 0 Å². The van der Waals surface area contributed by atoms with E-state index in [0.717, 1.165) is 38.6 Å². The van der Waals surface area contributed by atoms with E-state index in [-0.39, 0.29) is 10.8 Å². The number of rotatable bonds is 3. The van der Waals surface area contributed by atoms with Crippen molar-refractivity contribution in [3.63, 3.8) is 0 Å². The van der Waals surface area contributed by atoms with Crippen LogP contribution in [-0.2, 0) is 10.8 Å². The number of para-hydroxylation sites is 1. The Bertz CT molecular complexity index is 2860. The molecule has 2 heterocycles. The number of furan rings is 1. The van der Waals surface area contributed by atoms with E-state index in [1.54, 1.807) is 0 Å². The lowest BCUT2D eigenvalue weighted by molar-refractivity contribution is 0.299. The zero-order valence-electron chi connectivity index (χ0n) is 29.0. The van der Waals surface area contributed by atoms with Gasteiger partial charge in [-0.25, -0.2) is 15.0 Å². The molecule has 244 valence electrons. The standard InChI is InChI=1S/C47H35N3O/c1-46(2)38-26-31(23-24-33(38)37-27-36-30(25-39(37)47(46,3)4)22-21-28-13-8-9-16-32(28)36)44-48-43(29-14-6-5-7-15-29)49-45(50-44)35-18-12-20-41-42(35)34-17-10-11-19-40(34)51-41/h5-27H,1-4H3. The molecule has 0 fully saturated rings. The van der Waals surface area contributed by atoms with Crippen molar-refractivity contribution in [3.8, 4) is 45.3 Å². The second-order valence-electron chi connectivity index (χ2n) is 14.9. The summed E-state index contributed by atoms with van der Waals surface area (Å²) in [4.78, 5) is 15.5. The Morgan fingerprint density at radius 2 is 1.06 bits per heavy atom. The van der Waals surface area contributed by atoms with Crippen LogP contribution in [0.5, 0.6) is 0 Å². The molecule has 1 aliphatic carbocycles. The largest absolute Gasteiger partial charge is 0.456 e. The van der Waals surface area contributed by atoms with Crippen molar-refractivity contribution >= 4 is 43.5 Å². The van der Waals surface area contributed by atoms with Crippen LogP contribution >= 0.6 is 0 Å². The third-order valence-corrected chi connectivity index (χ3v) is 11.7. The molecule has 0 aliphatic heterocycles. The average Bonchev–Trinajstić information content (AvgIpc) is 3.56. The summed E-state index contributed by atoms with van der Waals surface area (Å²) in [6, 6.07) is 49.3. The third-order valence-electron chi connectivity index (χ3n) is 11.7. The number of hydrogen-bond donors (Lipinski definition) is 0. The maximum Gasteiger partial charge on any atom is 0.164 e. The molecule has 0 saturated heterocycles. The summed E-state index contributed by atoms with van der Waals surface area (Å²) >= 11 is 0. The average molecular weight is 658 g/mol. The van der Waals surface area contributed by atoms with Gasteiger partial charge in [0.15, 0.2) is 17.5 Å². The molecule has 1 aliphatic rings. The fraction of sp³-hybridized carbons (Fsp3) is 0.128. The monoisotopic (exact) mass is 657 g/mol. The maximum absolute atomic E-state index is 6.26. The van der Waals surface area contributed by atoms with E-state index in [0.29, 0.717) is 17.5 Å². The van der Waals surface area contributed by atoms with Crippen molar-refractivity contribution < 1.29 is 4.42 Å². The van der Waals surface area contributed by atoms with Crippen molar-refractivity contribution in [2.75, 3.05) is 0 Å². The maximum atomic E-state index is 6.26. The van der Waals surface area contributed by atoms with E-state index >= 15 is 0 Å². The minimum absolute atomic E-state index is 0.148. The predicted octanol–water partition coefficient (Wildman–Crippen LogP) is 12.3. The molecule has 0 atom stereocenters. The summed E-state index contributed by atoms with van der Waals surface area (Å²) in [5, 5.41) is 7.16. The van der Waals surface area contributed by atoms with Gasteiger partial charge in [-0.3, -0.25) is 0 Å². The smallest absolute Gasteiger partial charge is 0.164 e. The summed E-state index contributed by atoms with van der Waals surface area (Å²) in [6.45, 7) is 9.53. The Morgan fingerprint density at radius 3 is 1.88 bits per heavy atom. The van der Waals surface area contributed by atoms with Crippen LogP contribution in [0.2, 0.25) is 0 Å². The van der Waals surface area contributed by atoms with Gasteiger partial charge < -0.3 is 4.42 Å². The van der Waals surface area contributed by atoms with E-state index in [2.05, 4.69) is 119 Å². The van der Waals surface area contributed by atoms with E-state index in [1.807, 2.05) is 48.5 Å². The van der Waals surface area contributed by atoms with Crippen molar-refractivity contribution in [1.82, 2.24) is 15.0 Å². The Hall–Kier alpha value is -6.13. The van der Waals surface area contributed by atoms with Gasteiger partial charge in [-0.1, -0.05) is 137 Å². The van der Waals surface area contributed by atoms with Crippen LogP contribution in [0.15, 0.2) is 144 Å². The van der Waals surface area contributed by atoms with Crippen LogP contribution in [0.25, 0.3) is 88.8 Å². The molecule has 0 saturated carbocycles. The molecule has 7 aromatic carbocycles. The first-order valence-electron chi connectivity index (χ1n) is 17.6. The zero-order chi connectivity index (χ0) is 34.5. The number of fused-ring (bicyclic) bond motifs is 9. The lowest BCUT2D eigenvalue weighted by Gasteiger charge is -2.48. The van der Waals surface area contributed by atoms with Crippen molar-refractivity contribution in [1.29, 1.82) is 0 Å². The second-order valence-corrected chi connectivity index (χ2v) is 14.9. The third kappa shape index (κ3) is 4.36. The second kappa shape index (κ2) is 10.7. The van der Waals surface area contributed by atoms with Crippen LogP contribution in [0.4, 0.5) is 0 Å². The summed E-state index contributed by atoms with van der Waals surface area (Å²) in [5.74, 6) is 1.91. The number of aromatic nitrogens is 3. The summed E-state index contributed by atoms with van der Waals surface area (Å²) in [6.07, 6.45) is 0. The van der Waals surface area contributed by atoms with Crippen LogP contribution in [0.1, 0.15) is 38.8 Å². The van der Waals surface area contributed by atoms with Crippen molar-refractivity contribution in [3.05, 3.63) is 151 Å². The summed E-state index contributed by atoms with van der Waals surface area (Å²) in [5.41, 5.74) is 9.40. The van der Waals surface area contributed by atoms with E-state index in [4.69, 9.17) is 19.4 Å². The van der Waals surface area contributed by atoms with Gasteiger partial charge in [0.25, 0.3) is 0 Å². The summed E-state index contributed by atoms with van der Waals surface area (Å²) < 4.78 is 6.26. The highest BCUT2D eigenvalue weighted by Gasteiger charge is 2.46. The Kier molecular flexibility index (Phi) is 6.23. The molecule has 9 aromatic rings. The predicted molar refractivity (Wildman–Crippen MR) is 210 cm³/mol. The van der Waals surface area contributed by atoms with E-state index < -0.39 is 0 Å². The molecule has 0 amide bonds. The highest BCUT2D eigenvalue weighted by atomic mass is 16.3. The van der Waals surface area contributed by atoms with Crippen LogP contribution in [0.3, 0.4) is 0 Å².